The summed E-state index contributed by atoms with van der Waals surface area (Å²) in [7, 11) is 0. The number of hydrogen-bond donors (Lipinski definition) is 2. The Bertz CT molecular complexity index is 404. The van der Waals surface area contributed by atoms with E-state index in [0.717, 1.165) is 23.0 Å². The Morgan fingerprint density at radius 2 is 2.06 bits per heavy atom. The second-order valence-corrected chi connectivity index (χ2v) is 5.71. The van der Waals surface area contributed by atoms with E-state index in [4.69, 9.17) is 0 Å². The first-order valence-electron chi connectivity index (χ1n) is 6.73. The molecule has 2 heteroatoms. The highest BCUT2D eigenvalue weighted by atomic mass is 16.3. The van der Waals surface area contributed by atoms with Crippen molar-refractivity contribution in [2.75, 3.05) is 0 Å². The Balaban J connectivity index is 1.68. The van der Waals surface area contributed by atoms with E-state index in [1.165, 1.54) is 25.7 Å². The zero-order valence-electron chi connectivity index (χ0n) is 10.4. The predicted molar refractivity (Wildman–Crippen MR) is 68.5 cm³/mol. The first-order valence-corrected chi connectivity index (χ1v) is 6.73. The van der Waals surface area contributed by atoms with Crippen LogP contribution in [0.4, 0.5) is 0 Å². The minimum atomic E-state index is -0.499. The summed E-state index contributed by atoms with van der Waals surface area (Å²) in [6, 6.07) is 8.61. The van der Waals surface area contributed by atoms with Crippen LogP contribution in [0.15, 0.2) is 24.3 Å². The van der Waals surface area contributed by atoms with Crippen LogP contribution in [0, 0.1) is 18.8 Å². The van der Waals surface area contributed by atoms with E-state index in [9.17, 15) is 5.11 Å². The highest BCUT2D eigenvalue weighted by molar-refractivity contribution is 5.27. The lowest BCUT2D eigenvalue weighted by molar-refractivity contribution is 0.109. The third kappa shape index (κ3) is 2.12. The monoisotopic (exact) mass is 231 g/mol. The third-order valence-electron chi connectivity index (χ3n) is 4.59. The number of aliphatic hydroxyl groups is 1. The van der Waals surface area contributed by atoms with Gasteiger partial charge < -0.3 is 5.11 Å². The van der Waals surface area contributed by atoms with E-state index in [-0.39, 0.29) is 0 Å². The zero-order valence-corrected chi connectivity index (χ0v) is 10.4. The maximum Gasteiger partial charge on any atom is 0.131 e. The summed E-state index contributed by atoms with van der Waals surface area (Å²) in [4.78, 5) is 0. The van der Waals surface area contributed by atoms with Gasteiger partial charge in [-0.15, -0.1) is 0 Å². The van der Waals surface area contributed by atoms with Gasteiger partial charge in [0.1, 0.15) is 6.23 Å². The molecule has 0 aromatic heterocycles. The average Bonchev–Trinajstić information content (AvgIpc) is 2.91. The standard InChI is InChI=1S/C15H21NO/c1-10-4-2-3-5-13(10)15(17)16-14-9-11-6-7-12(14)8-11/h2-5,11-12,14-17H,6-9H2,1H3. The quantitative estimate of drug-likeness (QED) is 0.784. The van der Waals surface area contributed by atoms with Gasteiger partial charge in [-0.3, -0.25) is 5.32 Å². The molecule has 0 radical (unpaired) electrons. The van der Waals surface area contributed by atoms with E-state index >= 15 is 0 Å². The minimum absolute atomic E-state index is 0.499. The molecule has 2 saturated carbocycles. The van der Waals surface area contributed by atoms with E-state index < -0.39 is 6.23 Å². The minimum Gasteiger partial charge on any atom is -0.374 e. The molecule has 0 heterocycles. The van der Waals surface area contributed by atoms with Crippen LogP contribution in [-0.4, -0.2) is 11.1 Å². The van der Waals surface area contributed by atoms with Crippen LogP contribution in [0.2, 0.25) is 0 Å². The molecule has 2 N–H and O–H groups in total. The summed E-state index contributed by atoms with van der Waals surface area (Å²) < 4.78 is 0. The molecule has 0 aliphatic heterocycles. The van der Waals surface area contributed by atoms with Crippen LogP contribution in [0.5, 0.6) is 0 Å². The highest BCUT2D eigenvalue weighted by Crippen LogP contribution is 2.45. The molecule has 0 amide bonds. The van der Waals surface area contributed by atoms with E-state index in [1.54, 1.807) is 0 Å². The van der Waals surface area contributed by atoms with Crippen LogP contribution < -0.4 is 5.32 Å². The molecule has 4 unspecified atom stereocenters. The highest BCUT2D eigenvalue weighted by Gasteiger charge is 2.40. The van der Waals surface area contributed by atoms with Gasteiger partial charge in [0.05, 0.1) is 0 Å². The van der Waals surface area contributed by atoms with E-state index in [0.29, 0.717) is 6.04 Å². The number of rotatable bonds is 3. The summed E-state index contributed by atoms with van der Waals surface area (Å²) in [5.74, 6) is 1.72. The fraction of sp³-hybridized carbons (Fsp3) is 0.600. The Hall–Kier alpha value is -0.860. The molecule has 17 heavy (non-hydrogen) atoms. The molecule has 2 nitrogen and oxygen atoms in total. The molecule has 4 atom stereocenters. The van der Waals surface area contributed by atoms with Crippen molar-refractivity contribution in [1.82, 2.24) is 5.32 Å². The largest absolute Gasteiger partial charge is 0.374 e. The number of aryl methyl sites for hydroxylation is 1. The summed E-state index contributed by atoms with van der Waals surface area (Å²) in [5, 5.41) is 13.7. The normalized spacial score (nSPS) is 32.9. The molecule has 3 rings (SSSR count). The topological polar surface area (TPSA) is 32.3 Å². The fourth-order valence-corrected chi connectivity index (χ4v) is 3.63. The van der Waals surface area contributed by atoms with Gasteiger partial charge in [0.2, 0.25) is 0 Å². The van der Waals surface area contributed by atoms with Crippen molar-refractivity contribution in [3.63, 3.8) is 0 Å². The van der Waals surface area contributed by atoms with Crippen molar-refractivity contribution < 1.29 is 5.11 Å². The summed E-state index contributed by atoms with van der Waals surface area (Å²) >= 11 is 0. The van der Waals surface area contributed by atoms with Crippen molar-refractivity contribution in [2.45, 2.75) is 44.9 Å². The predicted octanol–water partition coefficient (Wildman–Crippen LogP) is 2.76. The third-order valence-corrected chi connectivity index (χ3v) is 4.59. The number of nitrogens with one attached hydrogen (secondary N) is 1. The lowest BCUT2D eigenvalue weighted by atomic mass is 9.94. The second-order valence-electron chi connectivity index (χ2n) is 5.71. The molecular weight excluding hydrogens is 210 g/mol. The Labute approximate surface area is 103 Å². The maximum atomic E-state index is 10.3. The first-order chi connectivity index (χ1) is 8.24. The van der Waals surface area contributed by atoms with E-state index in [2.05, 4.69) is 18.3 Å². The van der Waals surface area contributed by atoms with Gasteiger partial charge in [-0.2, -0.15) is 0 Å². The Kier molecular flexibility index (Phi) is 2.93. The lowest BCUT2D eigenvalue weighted by Crippen LogP contribution is -2.37. The number of hydrogen-bond acceptors (Lipinski definition) is 2. The lowest BCUT2D eigenvalue weighted by Gasteiger charge is -2.26. The van der Waals surface area contributed by atoms with Crippen LogP contribution in [0.3, 0.4) is 0 Å². The van der Waals surface area contributed by atoms with Gasteiger partial charge in [-0.1, -0.05) is 30.7 Å². The van der Waals surface area contributed by atoms with Crippen molar-refractivity contribution >= 4 is 0 Å². The van der Waals surface area contributed by atoms with Gasteiger partial charge in [-0.05, 0) is 49.1 Å². The molecular formula is C15H21NO. The summed E-state index contributed by atoms with van der Waals surface area (Å²) in [6.07, 6.45) is 4.89. The van der Waals surface area contributed by atoms with Gasteiger partial charge in [-0.25, -0.2) is 0 Å². The molecule has 2 bridgehead atoms. The maximum absolute atomic E-state index is 10.3. The molecule has 2 aliphatic rings. The number of benzene rings is 1. The molecule has 1 aromatic rings. The molecule has 1 aromatic carbocycles. The molecule has 92 valence electrons. The number of fused-ring (bicyclic) bond motifs is 2. The van der Waals surface area contributed by atoms with Gasteiger partial charge in [0.15, 0.2) is 0 Å². The van der Waals surface area contributed by atoms with Gasteiger partial charge in [0.25, 0.3) is 0 Å². The van der Waals surface area contributed by atoms with Crippen molar-refractivity contribution in [3.8, 4) is 0 Å². The molecule has 2 aliphatic carbocycles. The zero-order chi connectivity index (χ0) is 11.8. The summed E-state index contributed by atoms with van der Waals surface area (Å²) in [6.45, 7) is 2.06. The Morgan fingerprint density at radius 3 is 2.71 bits per heavy atom. The second kappa shape index (κ2) is 4.43. The van der Waals surface area contributed by atoms with Crippen molar-refractivity contribution in [2.24, 2.45) is 11.8 Å². The molecule has 2 fully saturated rings. The molecule has 0 spiro atoms. The van der Waals surface area contributed by atoms with Gasteiger partial charge in [0, 0.05) is 6.04 Å². The van der Waals surface area contributed by atoms with Crippen LogP contribution >= 0.6 is 0 Å². The SMILES string of the molecule is Cc1ccccc1C(O)NC1CC2CCC1C2. The average molecular weight is 231 g/mol. The number of aliphatic hydroxyl groups excluding tert-OH is 1. The van der Waals surface area contributed by atoms with Crippen LogP contribution in [-0.2, 0) is 0 Å². The van der Waals surface area contributed by atoms with Crippen LogP contribution in [0.25, 0.3) is 0 Å². The van der Waals surface area contributed by atoms with Crippen molar-refractivity contribution in [3.05, 3.63) is 35.4 Å². The van der Waals surface area contributed by atoms with Crippen molar-refractivity contribution in [1.29, 1.82) is 0 Å². The molecule has 0 saturated heterocycles. The Morgan fingerprint density at radius 1 is 1.24 bits per heavy atom. The smallest absolute Gasteiger partial charge is 0.131 e. The van der Waals surface area contributed by atoms with E-state index in [1.807, 2.05) is 18.2 Å². The van der Waals surface area contributed by atoms with Crippen LogP contribution in [0.1, 0.15) is 43.0 Å². The first kappa shape index (κ1) is 11.2. The van der Waals surface area contributed by atoms with Gasteiger partial charge >= 0.3 is 0 Å². The fourth-order valence-electron chi connectivity index (χ4n) is 3.63. The summed E-state index contributed by atoms with van der Waals surface area (Å²) in [5.41, 5.74) is 2.19.